The Morgan fingerprint density at radius 3 is 3.00 bits per heavy atom. The quantitative estimate of drug-likeness (QED) is 0.733. The number of fused-ring (bicyclic) bond motifs is 1. The Bertz CT molecular complexity index is 395. The molecule has 2 N–H and O–H groups in total. The third-order valence-electron chi connectivity index (χ3n) is 2.74. The summed E-state index contributed by atoms with van der Waals surface area (Å²) in [5.74, 6) is -0.979. The summed E-state index contributed by atoms with van der Waals surface area (Å²) in [5.41, 5.74) is 1.51. The molecule has 0 aromatic carbocycles. The summed E-state index contributed by atoms with van der Waals surface area (Å²) in [6.07, 6.45) is 1.50. The van der Waals surface area contributed by atoms with Crippen LogP contribution in [0.25, 0.3) is 0 Å². The molecule has 0 fully saturated rings. The first-order valence-corrected chi connectivity index (χ1v) is 4.93. The maximum absolute atomic E-state index is 10.9. The molecule has 15 heavy (non-hydrogen) atoms. The lowest BCUT2D eigenvalue weighted by atomic mass is 9.99. The van der Waals surface area contributed by atoms with Gasteiger partial charge in [0, 0.05) is 5.56 Å². The fraction of sp³-hybridized carbons (Fsp3) is 0.600. The van der Waals surface area contributed by atoms with Crippen LogP contribution >= 0.6 is 0 Å². The van der Waals surface area contributed by atoms with Crippen LogP contribution < -0.4 is 0 Å². The van der Waals surface area contributed by atoms with E-state index in [0.717, 1.165) is 17.7 Å². The Morgan fingerprint density at radius 2 is 2.33 bits per heavy atom. The largest absolute Gasteiger partial charge is 0.476 e. The summed E-state index contributed by atoms with van der Waals surface area (Å²) in [6, 6.07) is 0. The second kappa shape index (κ2) is 3.34. The first-order valence-electron chi connectivity index (χ1n) is 4.93. The molecule has 1 aromatic rings. The van der Waals surface area contributed by atoms with E-state index >= 15 is 0 Å². The third-order valence-corrected chi connectivity index (χ3v) is 2.74. The molecule has 82 valence electrons. The monoisotopic (exact) mass is 210 g/mol. The van der Waals surface area contributed by atoms with Crippen LogP contribution in [0.5, 0.6) is 0 Å². The third kappa shape index (κ3) is 1.87. The second-order valence-electron chi connectivity index (χ2n) is 4.38. The number of carboxylic acid groups (broad SMARTS) is 1. The zero-order valence-corrected chi connectivity index (χ0v) is 8.83. The van der Waals surface area contributed by atoms with Crippen molar-refractivity contribution in [3.8, 4) is 0 Å². The molecular formula is C10H14N2O3. The van der Waals surface area contributed by atoms with Crippen LogP contribution in [0.2, 0.25) is 0 Å². The van der Waals surface area contributed by atoms with Crippen molar-refractivity contribution in [3.63, 3.8) is 0 Å². The number of ether oxygens (including phenoxy) is 1. The Balaban J connectivity index is 2.33. The van der Waals surface area contributed by atoms with Gasteiger partial charge in [-0.25, -0.2) is 4.79 Å². The van der Waals surface area contributed by atoms with Crippen molar-refractivity contribution in [1.29, 1.82) is 0 Å². The Morgan fingerprint density at radius 1 is 1.60 bits per heavy atom. The van der Waals surface area contributed by atoms with E-state index < -0.39 is 5.97 Å². The fourth-order valence-corrected chi connectivity index (χ4v) is 1.73. The van der Waals surface area contributed by atoms with Gasteiger partial charge < -0.3 is 9.84 Å². The highest BCUT2D eigenvalue weighted by Gasteiger charge is 2.27. The van der Waals surface area contributed by atoms with Crippen LogP contribution in [0.4, 0.5) is 0 Å². The van der Waals surface area contributed by atoms with Crippen molar-refractivity contribution in [3.05, 3.63) is 17.0 Å². The van der Waals surface area contributed by atoms with E-state index in [1.807, 2.05) is 13.8 Å². The summed E-state index contributed by atoms with van der Waals surface area (Å²) < 4.78 is 5.65. The predicted octanol–water partition coefficient (Wildman–Crippen LogP) is 1.35. The maximum Gasteiger partial charge on any atom is 0.356 e. The summed E-state index contributed by atoms with van der Waals surface area (Å²) in [4.78, 5) is 10.9. The molecule has 1 aromatic heterocycles. The first kappa shape index (κ1) is 10.2. The van der Waals surface area contributed by atoms with Crippen molar-refractivity contribution in [2.75, 3.05) is 0 Å². The van der Waals surface area contributed by atoms with Crippen LogP contribution in [0.3, 0.4) is 0 Å². The average Bonchev–Trinajstić information content (AvgIpc) is 2.49. The summed E-state index contributed by atoms with van der Waals surface area (Å²) >= 11 is 0. The average molecular weight is 210 g/mol. The molecule has 2 rings (SSSR count). The van der Waals surface area contributed by atoms with E-state index in [1.54, 1.807) is 0 Å². The zero-order valence-electron chi connectivity index (χ0n) is 8.83. The molecule has 0 unspecified atom stereocenters. The lowest BCUT2D eigenvalue weighted by Gasteiger charge is -2.22. The zero-order chi connectivity index (χ0) is 11.1. The molecule has 0 spiro atoms. The minimum absolute atomic E-state index is 0.131. The molecule has 0 bridgehead atoms. The number of nitrogens with one attached hydrogen (secondary N) is 1. The highest BCUT2D eigenvalue weighted by Crippen LogP contribution is 2.27. The number of aromatic nitrogens is 2. The SMILES string of the molecule is CC1(C)CCc2c(C(=O)O)n[nH]c2CO1. The van der Waals surface area contributed by atoms with Crippen LogP contribution in [0.1, 0.15) is 42.0 Å². The van der Waals surface area contributed by atoms with E-state index in [-0.39, 0.29) is 11.3 Å². The highest BCUT2D eigenvalue weighted by molar-refractivity contribution is 5.87. The van der Waals surface area contributed by atoms with Gasteiger partial charge in [0.1, 0.15) is 0 Å². The van der Waals surface area contributed by atoms with Gasteiger partial charge in [-0.15, -0.1) is 0 Å². The van der Waals surface area contributed by atoms with Gasteiger partial charge in [-0.05, 0) is 26.7 Å². The summed E-state index contributed by atoms with van der Waals surface area (Å²) in [5, 5.41) is 15.4. The maximum atomic E-state index is 10.9. The minimum Gasteiger partial charge on any atom is -0.476 e. The number of hydrogen-bond donors (Lipinski definition) is 2. The number of H-pyrrole nitrogens is 1. The van der Waals surface area contributed by atoms with Gasteiger partial charge in [0.25, 0.3) is 0 Å². The van der Waals surface area contributed by atoms with Gasteiger partial charge in [0.2, 0.25) is 0 Å². The van der Waals surface area contributed by atoms with Crippen molar-refractivity contribution in [1.82, 2.24) is 10.2 Å². The Labute approximate surface area is 87.4 Å². The lowest BCUT2D eigenvalue weighted by molar-refractivity contribution is -0.0310. The molecular weight excluding hydrogens is 196 g/mol. The van der Waals surface area contributed by atoms with E-state index in [1.165, 1.54) is 0 Å². The van der Waals surface area contributed by atoms with E-state index in [9.17, 15) is 4.79 Å². The fourth-order valence-electron chi connectivity index (χ4n) is 1.73. The van der Waals surface area contributed by atoms with Crippen molar-refractivity contribution in [2.24, 2.45) is 0 Å². The van der Waals surface area contributed by atoms with Gasteiger partial charge in [-0.1, -0.05) is 0 Å². The standard InChI is InChI=1S/C10H14N2O3/c1-10(2)4-3-6-7(5-15-10)11-12-8(6)9(13)14/h3-5H2,1-2H3,(H,11,12)(H,13,14). The number of aromatic amines is 1. The van der Waals surface area contributed by atoms with E-state index in [0.29, 0.717) is 13.0 Å². The first-order chi connectivity index (χ1) is 6.99. The molecule has 0 atom stereocenters. The van der Waals surface area contributed by atoms with Crippen molar-refractivity contribution >= 4 is 5.97 Å². The topological polar surface area (TPSA) is 75.2 Å². The number of rotatable bonds is 1. The van der Waals surface area contributed by atoms with Crippen LogP contribution in [-0.4, -0.2) is 26.9 Å². The van der Waals surface area contributed by atoms with Gasteiger partial charge in [-0.3, -0.25) is 5.10 Å². The van der Waals surface area contributed by atoms with Gasteiger partial charge in [-0.2, -0.15) is 5.10 Å². The second-order valence-corrected chi connectivity index (χ2v) is 4.38. The normalized spacial score (nSPS) is 19.3. The lowest BCUT2D eigenvalue weighted by Crippen LogP contribution is -2.23. The highest BCUT2D eigenvalue weighted by atomic mass is 16.5. The molecule has 5 nitrogen and oxygen atoms in total. The minimum atomic E-state index is -0.979. The molecule has 5 heteroatoms. The number of aromatic carboxylic acids is 1. The van der Waals surface area contributed by atoms with Gasteiger partial charge in [0.05, 0.1) is 17.9 Å². The summed E-state index contributed by atoms with van der Waals surface area (Å²) in [6.45, 7) is 4.42. The number of carboxylic acids is 1. The van der Waals surface area contributed by atoms with E-state index in [4.69, 9.17) is 9.84 Å². The molecule has 0 aliphatic carbocycles. The number of hydrogen-bond acceptors (Lipinski definition) is 3. The van der Waals surface area contributed by atoms with Crippen LogP contribution in [0.15, 0.2) is 0 Å². The molecule has 1 aliphatic rings. The summed E-state index contributed by atoms with van der Waals surface area (Å²) in [7, 11) is 0. The predicted molar refractivity (Wildman–Crippen MR) is 52.7 cm³/mol. The Kier molecular flexibility index (Phi) is 2.26. The van der Waals surface area contributed by atoms with E-state index in [2.05, 4.69) is 10.2 Å². The van der Waals surface area contributed by atoms with Gasteiger partial charge >= 0.3 is 5.97 Å². The number of carbonyl (C=O) groups is 1. The molecule has 0 radical (unpaired) electrons. The molecule has 0 saturated carbocycles. The smallest absolute Gasteiger partial charge is 0.356 e. The van der Waals surface area contributed by atoms with Crippen LogP contribution in [0, 0.1) is 0 Å². The van der Waals surface area contributed by atoms with Gasteiger partial charge in [0.15, 0.2) is 5.69 Å². The van der Waals surface area contributed by atoms with Crippen molar-refractivity contribution < 1.29 is 14.6 Å². The molecule has 1 aliphatic heterocycles. The molecule has 2 heterocycles. The Hall–Kier alpha value is -1.36. The number of nitrogens with zero attached hydrogens (tertiary/aromatic N) is 1. The molecule has 0 saturated heterocycles. The van der Waals surface area contributed by atoms with Crippen molar-refractivity contribution in [2.45, 2.75) is 38.9 Å². The molecule has 0 amide bonds. The van der Waals surface area contributed by atoms with Crippen LogP contribution in [-0.2, 0) is 17.8 Å².